The molecule has 6 atom stereocenters. The number of fused-ring (bicyclic) bond motifs is 15. The number of anilines is 12. The summed E-state index contributed by atoms with van der Waals surface area (Å²) in [6.45, 7) is 20.5. The molecule has 0 N–H and O–H groups in total. The van der Waals surface area contributed by atoms with E-state index >= 15 is 0 Å². The van der Waals surface area contributed by atoms with Crippen LogP contribution in [0.15, 0.2) is 358 Å². The van der Waals surface area contributed by atoms with Gasteiger partial charge in [-0.2, -0.15) is 0 Å². The van der Waals surface area contributed by atoms with Crippen LogP contribution in [0.4, 0.5) is 68.2 Å². The first-order chi connectivity index (χ1) is 64.7. The maximum absolute atomic E-state index is 2.54. The molecule has 0 radical (unpaired) electrons. The second-order valence-corrected chi connectivity index (χ2v) is 39.5. The van der Waals surface area contributed by atoms with Gasteiger partial charge in [0.1, 0.15) is 0 Å². The Labute approximate surface area is 785 Å². The lowest BCUT2D eigenvalue weighted by molar-refractivity contribution is 0.359. The Balaban J connectivity index is 0.000000106. The molecule has 4 heteroatoms. The zero-order valence-electron chi connectivity index (χ0n) is 78.6. The average Bonchev–Trinajstić information content (AvgIpc) is 1.69. The van der Waals surface area contributed by atoms with Gasteiger partial charge in [-0.25, -0.2) is 0 Å². The summed E-state index contributed by atoms with van der Waals surface area (Å²) in [4.78, 5) is 9.43. The molecule has 16 aromatic rings. The van der Waals surface area contributed by atoms with Gasteiger partial charge in [0.25, 0.3) is 0 Å². The fraction of sp³-hybridized carbons (Fsp3) is 0.250. The third-order valence-corrected chi connectivity index (χ3v) is 31.1. The molecule has 0 aromatic heterocycles. The molecule has 4 saturated carbocycles. The van der Waals surface area contributed by atoms with Crippen LogP contribution in [-0.2, 0) is 0 Å². The first-order valence-electron chi connectivity index (χ1n) is 49.3. The standard InChI is InChI=1S/C33H33N.2C32H31N.C31H29N/c1-23-20-30(34(28-12-5-3-6-13-28)29-14-7-4-8-15-29)21-24(2)33(23)27-18-19-31-25-10-9-11-26(17-16-25)32(31)22-27;1-21-16-26(20-30-24-14-15-25(19-24)32(21)30)31-22(2)17-29(18-23(31)3)33(27-10-6-4-7-11-27)28-12-8-5-9-13-28;1-22-19-29(33(27-9-5-3-6-10-27)28-11-7-4-8-12-28)20-23(2)32(22)26-17-18-30-24-13-15-25(16-14-24)31(30)21-26;1-21-17-28(32(26-9-5-3-6-10-26)27-11-7-4-8-12-27)18-22(2)31(21)25-15-16-29-23-13-14-24(19-23)30(29)20-25/h3-8,12-15,18-22,25-26H,9-11,16-17H2,1-2H3;4-13,16-18,20,24-25H,14-15,19H2,1-3H3;3-12,17-21,24-25H,13-16H2,1-2H3;3-12,15-18,20,23-24H,13-14,19H2,1-2H3. The Morgan fingerprint density at radius 3 is 0.659 bits per heavy atom. The van der Waals surface area contributed by atoms with E-state index in [-0.39, 0.29) is 0 Å². The molecule has 4 fully saturated rings. The van der Waals surface area contributed by atoms with Crippen molar-refractivity contribution in [3.63, 3.8) is 0 Å². The van der Waals surface area contributed by atoms with Gasteiger partial charge in [-0.05, 0) is 484 Å². The number of benzene rings is 16. The highest BCUT2D eigenvalue weighted by atomic mass is 15.2. The third-order valence-electron chi connectivity index (χ3n) is 31.1. The van der Waals surface area contributed by atoms with Gasteiger partial charge in [0.15, 0.2) is 0 Å². The SMILES string of the molecule is Cc1cc(N(c2ccccc2)c2ccccc2)cc(C)c1-c1cc(C)c2c(c1)C1CCC2C1.Cc1cc(N(c2ccccc2)c2ccccc2)cc(C)c1-c1ccc2c(c1)C1CCC2C1.Cc1cc(N(c2ccccc2)c2ccccc2)cc(C)c1-c1ccc2c(c1)C1CCC2CC1.Cc1cc(N(c2ccccc2)c2ccccc2)cc(C)c1-c1ccc2c(c1)C1CCCC2CC1. The molecule has 10 aliphatic rings. The highest BCUT2D eigenvalue weighted by molar-refractivity contribution is 5.88. The van der Waals surface area contributed by atoms with E-state index in [2.05, 4.69) is 440 Å². The Morgan fingerprint density at radius 2 is 0.364 bits per heavy atom. The van der Waals surface area contributed by atoms with E-state index in [0.717, 1.165) is 47.3 Å². The summed E-state index contributed by atoms with van der Waals surface area (Å²) >= 11 is 0. The molecule has 16 aromatic carbocycles. The van der Waals surface area contributed by atoms with Crippen molar-refractivity contribution in [2.45, 2.75) is 206 Å². The van der Waals surface area contributed by atoms with Crippen LogP contribution in [0.25, 0.3) is 44.5 Å². The first kappa shape index (κ1) is 85.5. The van der Waals surface area contributed by atoms with Crippen molar-refractivity contribution in [2.75, 3.05) is 19.6 Å². The van der Waals surface area contributed by atoms with Crippen LogP contribution in [0.1, 0.15) is 238 Å². The van der Waals surface area contributed by atoms with Crippen LogP contribution < -0.4 is 19.6 Å². The largest absolute Gasteiger partial charge is 0.310 e. The first-order valence-corrected chi connectivity index (χ1v) is 49.3. The summed E-state index contributed by atoms with van der Waals surface area (Å²) in [5, 5.41) is 0. The molecule has 26 rings (SSSR count). The zero-order valence-corrected chi connectivity index (χ0v) is 78.6. The summed E-state index contributed by atoms with van der Waals surface area (Å²) in [5.74, 6) is 6.34. The Bertz CT molecular complexity index is 6580. The molecule has 656 valence electrons. The number of hydrogen-bond acceptors (Lipinski definition) is 4. The third kappa shape index (κ3) is 16.8. The van der Waals surface area contributed by atoms with Crippen molar-refractivity contribution in [2.24, 2.45) is 0 Å². The summed E-state index contributed by atoms with van der Waals surface area (Å²) in [6.07, 6.45) is 20.7. The number of aryl methyl sites for hydroxylation is 9. The van der Waals surface area contributed by atoms with Crippen molar-refractivity contribution in [3.05, 3.63) is 452 Å². The van der Waals surface area contributed by atoms with Crippen LogP contribution >= 0.6 is 0 Å². The number of rotatable bonds is 16. The summed E-state index contributed by atoms with van der Waals surface area (Å²) in [7, 11) is 0. The van der Waals surface area contributed by atoms with E-state index in [9.17, 15) is 0 Å². The average molecular weight is 1720 g/mol. The van der Waals surface area contributed by atoms with Crippen LogP contribution in [0, 0.1) is 62.3 Å². The smallest absolute Gasteiger partial charge is 0.0467 e. The zero-order chi connectivity index (χ0) is 89.6. The molecule has 0 saturated heterocycles. The second-order valence-electron chi connectivity index (χ2n) is 39.5. The van der Waals surface area contributed by atoms with Gasteiger partial charge in [0, 0.05) is 68.2 Å². The lowest BCUT2D eigenvalue weighted by Gasteiger charge is -2.38. The van der Waals surface area contributed by atoms with E-state index in [0.29, 0.717) is 0 Å². The van der Waals surface area contributed by atoms with Crippen LogP contribution in [0.2, 0.25) is 0 Å². The normalized spacial score (nSPS) is 18.6. The minimum atomic E-state index is 0.764. The van der Waals surface area contributed by atoms with Gasteiger partial charge in [-0.15, -0.1) is 0 Å². The van der Waals surface area contributed by atoms with Crippen LogP contribution in [0.5, 0.6) is 0 Å². The lowest BCUT2D eigenvalue weighted by Crippen LogP contribution is -2.21. The molecule has 8 bridgehead atoms. The van der Waals surface area contributed by atoms with E-state index in [1.54, 1.807) is 44.5 Å². The lowest BCUT2D eigenvalue weighted by atomic mass is 9.66. The fourth-order valence-corrected chi connectivity index (χ4v) is 25.4. The molecular weight excluding hydrogens is 1590 g/mol. The van der Waals surface area contributed by atoms with E-state index in [4.69, 9.17) is 0 Å². The van der Waals surface area contributed by atoms with Gasteiger partial charge in [0.05, 0.1) is 0 Å². The number of nitrogens with zero attached hydrogens (tertiary/aromatic N) is 4. The molecule has 132 heavy (non-hydrogen) atoms. The van der Waals surface area contributed by atoms with Crippen molar-refractivity contribution < 1.29 is 0 Å². The Kier molecular flexibility index (Phi) is 24.1. The minimum Gasteiger partial charge on any atom is -0.310 e. The monoisotopic (exact) mass is 1720 g/mol. The van der Waals surface area contributed by atoms with Crippen LogP contribution in [-0.4, -0.2) is 0 Å². The fourth-order valence-electron chi connectivity index (χ4n) is 25.4. The molecule has 0 spiro atoms. The predicted octanol–water partition coefficient (Wildman–Crippen LogP) is 36.7. The van der Waals surface area contributed by atoms with E-state index in [1.807, 2.05) is 0 Å². The molecule has 0 amide bonds. The second kappa shape index (κ2) is 37.2. The van der Waals surface area contributed by atoms with Gasteiger partial charge in [-0.3, -0.25) is 0 Å². The maximum Gasteiger partial charge on any atom is 0.0467 e. The highest BCUT2D eigenvalue weighted by Gasteiger charge is 2.40. The summed E-state index contributed by atoms with van der Waals surface area (Å²) < 4.78 is 0. The quantitative estimate of drug-likeness (QED) is 0.0956. The molecule has 0 heterocycles. The summed E-state index contributed by atoms with van der Waals surface area (Å²) in [5.41, 5.74) is 50.7. The molecule has 6 unspecified atom stereocenters. The van der Waals surface area contributed by atoms with E-state index < -0.39 is 0 Å². The van der Waals surface area contributed by atoms with E-state index in [1.165, 1.54) is 259 Å². The van der Waals surface area contributed by atoms with Gasteiger partial charge in [0.2, 0.25) is 0 Å². The molecule has 0 aliphatic heterocycles. The maximum atomic E-state index is 2.54. The van der Waals surface area contributed by atoms with Crippen molar-refractivity contribution in [1.82, 2.24) is 0 Å². The summed E-state index contributed by atoms with van der Waals surface area (Å²) in [6, 6.07) is 131. The number of para-hydroxylation sites is 8. The molecule has 4 nitrogen and oxygen atoms in total. The van der Waals surface area contributed by atoms with Crippen LogP contribution in [0.3, 0.4) is 0 Å². The minimum absolute atomic E-state index is 0.764. The van der Waals surface area contributed by atoms with Gasteiger partial charge in [-0.1, -0.05) is 219 Å². The Hall–Kier alpha value is -13.3. The van der Waals surface area contributed by atoms with Crippen molar-refractivity contribution in [3.8, 4) is 44.5 Å². The Morgan fingerprint density at radius 1 is 0.159 bits per heavy atom. The van der Waals surface area contributed by atoms with Crippen molar-refractivity contribution >= 4 is 68.2 Å². The number of hydrogen-bond donors (Lipinski definition) is 0. The van der Waals surface area contributed by atoms with Crippen molar-refractivity contribution in [1.29, 1.82) is 0 Å². The van der Waals surface area contributed by atoms with Gasteiger partial charge < -0.3 is 19.6 Å². The highest BCUT2D eigenvalue weighted by Crippen LogP contribution is 2.58. The topological polar surface area (TPSA) is 13.0 Å². The van der Waals surface area contributed by atoms with Gasteiger partial charge >= 0.3 is 0 Å². The molecular formula is C128H124N4. The molecule has 10 aliphatic carbocycles. The predicted molar refractivity (Wildman–Crippen MR) is 560 cm³/mol.